The average Bonchev–Trinajstić information content (AvgIpc) is 2.73. The first-order valence-corrected chi connectivity index (χ1v) is 5.61. The van der Waals surface area contributed by atoms with E-state index in [1.165, 1.54) is 31.2 Å². The van der Waals surface area contributed by atoms with Gasteiger partial charge in [0, 0.05) is 17.3 Å². The fourth-order valence-corrected chi connectivity index (χ4v) is 2.39. The fraction of sp³-hybridized carbons (Fsp3) is 0.727. The lowest BCUT2D eigenvalue weighted by molar-refractivity contribution is 0.466. The number of rotatable bonds is 2. The molecule has 0 aromatic carbocycles. The molecule has 2 N–H and O–H groups in total. The van der Waals surface area contributed by atoms with Crippen LogP contribution in [0.25, 0.3) is 0 Å². The van der Waals surface area contributed by atoms with Crippen molar-refractivity contribution in [3.8, 4) is 0 Å². The van der Waals surface area contributed by atoms with Crippen molar-refractivity contribution in [1.29, 1.82) is 0 Å². The first kappa shape index (κ1) is 8.48. The van der Waals surface area contributed by atoms with Gasteiger partial charge >= 0.3 is 0 Å². The Bertz CT molecular complexity index is 332. The highest BCUT2D eigenvalue weighted by atomic mass is 15.3. The van der Waals surface area contributed by atoms with Gasteiger partial charge in [-0.15, -0.1) is 0 Å². The summed E-state index contributed by atoms with van der Waals surface area (Å²) in [6, 6.07) is 0.645. The smallest absolute Gasteiger partial charge is 0.0540 e. The van der Waals surface area contributed by atoms with Crippen molar-refractivity contribution >= 4 is 0 Å². The summed E-state index contributed by atoms with van der Waals surface area (Å²) in [5.74, 6) is 0. The molecule has 0 amide bonds. The van der Waals surface area contributed by atoms with E-state index in [1.807, 2.05) is 6.20 Å². The molecular weight excluding hydrogens is 174 g/mol. The first-order chi connectivity index (χ1) is 6.78. The normalized spacial score (nSPS) is 25.5. The van der Waals surface area contributed by atoms with Crippen LogP contribution < -0.4 is 5.73 Å². The van der Waals surface area contributed by atoms with Gasteiger partial charge < -0.3 is 5.73 Å². The van der Waals surface area contributed by atoms with Crippen molar-refractivity contribution in [1.82, 2.24) is 9.78 Å². The Hall–Kier alpha value is -0.830. The Balaban J connectivity index is 1.82. The van der Waals surface area contributed by atoms with E-state index in [0.717, 1.165) is 12.8 Å². The summed E-state index contributed by atoms with van der Waals surface area (Å²) in [4.78, 5) is 0. The second-order valence-electron chi connectivity index (χ2n) is 4.80. The molecule has 1 heterocycles. The highest BCUT2D eigenvalue weighted by molar-refractivity contribution is 5.24. The van der Waals surface area contributed by atoms with Crippen LogP contribution in [0.2, 0.25) is 0 Å². The van der Waals surface area contributed by atoms with Gasteiger partial charge in [-0.25, -0.2) is 0 Å². The molecule has 14 heavy (non-hydrogen) atoms. The average molecular weight is 191 g/mol. The van der Waals surface area contributed by atoms with Crippen molar-refractivity contribution < 1.29 is 0 Å². The van der Waals surface area contributed by atoms with Crippen LogP contribution in [0.5, 0.6) is 0 Å². The zero-order valence-corrected chi connectivity index (χ0v) is 8.45. The van der Waals surface area contributed by atoms with Crippen LogP contribution in [0.3, 0.4) is 0 Å². The molecular formula is C11H17N3. The topological polar surface area (TPSA) is 43.8 Å². The molecule has 0 bridgehead atoms. The molecule has 0 aliphatic heterocycles. The molecule has 0 radical (unpaired) electrons. The molecule has 0 spiro atoms. The molecule has 0 atom stereocenters. The van der Waals surface area contributed by atoms with E-state index in [2.05, 4.69) is 16.0 Å². The van der Waals surface area contributed by atoms with E-state index in [4.69, 9.17) is 5.73 Å². The van der Waals surface area contributed by atoms with Crippen molar-refractivity contribution in [3.63, 3.8) is 0 Å². The summed E-state index contributed by atoms with van der Waals surface area (Å²) >= 11 is 0. The maximum atomic E-state index is 6.13. The number of nitrogens with zero attached hydrogens (tertiary/aromatic N) is 2. The van der Waals surface area contributed by atoms with Crippen LogP contribution in [0.15, 0.2) is 12.4 Å². The summed E-state index contributed by atoms with van der Waals surface area (Å²) in [5.41, 5.74) is 7.35. The maximum absolute atomic E-state index is 6.13. The molecule has 0 saturated heterocycles. The quantitative estimate of drug-likeness (QED) is 0.776. The lowest BCUT2D eigenvalue weighted by atomic mass is 10.1. The Morgan fingerprint density at radius 2 is 2.07 bits per heavy atom. The number of aromatic nitrogens is 2. The Labute approximate surface area is 84.3 Å². The standard InChI is InChI=1S/C11H17N3/c12-11(5-6-11)9-7-13-14(8-9)10-3-1-2-4-10/h7-8,10H,1-6,12H2. The van der Waals surface area contributed by atoms with Crippen molar-refractivity contribution in [2.45, 2.75) is 50.1 Å². The van der Waals surface area contributed by atoms with Gasteiger partial charge in [-0.05, 0) is 25.7 Å². The highest BCUT2D eigenvalue weighted by Crippen LogP contribution is 2.43. The van der Waals surface area contributed by atoms with Gasteiger partial charge in [0.05, 0.1) is 12.2 Å². The van der Waals surface area contributed by atoms with Crippen LogP contribution in [0.1, 0.15) is 50.1 Å². The number of nitrogens with two attached hydrogens (primary N) is 1. The molecule has 2 saturated carbocycles. The third-order valence-corrected chi connectivity index (χ3v) is 3.66. The molecule has 2 aliphatic carbocycles. The van der Waals surface area contributed by atoms with E-state index in [0.29, 0.717) is 6.04 Å². The van der Waals surface area contributed by atoms with E-state index in [-0.39, 0.29) is 5.54 Å². The zero-order chi connectivity index (χ0) is 9.60. The fourth-order valence-electron chi connectivity index (χ4n) is 2.39. The van der Waals surface area contributed by atoms with Crippen molar-refractivity contribution in [2.24, 2.45) is 5.73 Å². The molecule has 2 aliphatic rings. The monoisotopic (exact) mass is 191 g/mol. The Morgan fingerprint density at radius 3 is 2.71 bits per heavy atom. The SMILES string of the molecule is NC1(c2cnn(C3CCCC3)c2)CC1. The molecule has 2 fully saturated rings. The largest absolute Gasteiger partial charge is 0.321 e. The van der Waals surface area contributed by atoms with Crippen LogP contribution in [-0.2, 0) is 5.54 Å². The van der Waals surface area contributed by atoms with Gasteiger partial charge in [0.1, 0.15) is 0 Å². The third-order valence-electron chi connectivity index (χ3n) is 3.66. The highest BCUT2D eigenvalue weighted by Gasteiger charge is 2.41. The van der Waals surface area contributed by atoms with Crippen molar-refractivity contribution in [2.75, 3.05) is 0 Å². The lowest BCUT2D eigenvalue weighted by Gasteiger charge is -2.09. The molecule has 76 valence electrons. The van der Waals surface area contributed by atoms with E-state index in [9.17, 15) is 0 Å². The van der Waals surface area contributed by atoms with Gasteiger partial charge in [0.25, 0.3) is 0 Å². The molecule has 1 aromatic heterocycles. The minimum atomic E-state index is -0.0170. The van der Waals surface area contributed by atoms with Gasteiger partial charge in [-0.1, -0.05) is 12.8 Å². The summed E-state index contributed by atoms with van der Waals surface area (Å²) in [6.45, 7) is 0. The predicted octanol–water partition coefficient (Wildman–Crippen LogP) is 1.95. The van der Waals surface area contributed by atoms with Crippen LogP contribution in [0.4, 0.5) is 0 Å². The minimum Gasteiger partial charge on any atom is -0.321 e. The van der Waals surface area contributed by atoms with Crippen LogP contribution >= 0.6 is 0 Å². The zero-order valence-electron chi connectivity index (χ0n) is 8.45. The van der Waals surface area contributed by atoms with Gasteiger partial charge in [0.2, 0.25) is 0 Å². The van der Waals surface area contributed by atoms with Crippen LogP contribution in [0, 0.1) is 0 Å². The Kier molecular flexibility index (Phi) is 1.71. The number of hydrogen-bond acceptors (Lipinski definition) is 2. The van der Waals surface area contributed by atoms with Gasteiger partial charge in [-0.3, -0.25) is 4.68 Å². The van der Waals surface area contributed by atoms with Gasteiger partial charge in [-0.2, -0.15) is 5.10 Å². The van der Waals surface area contributed by atoms with Gasteiger partial charge in [0.15, 0.2) is 0 Å². The van der Waals surface area contributed by atoms with E-state index < -0.39 is 0 Å². The Morgan fingerprint density at radius 1 is 1.36 bits per heavy atom. The summed E-state index contributed by atoms with van der Waals surface area (Å²) in [7, 11) is 0. The maximum Gasteiger partial charge on any atom is 0.0540 e. The summed E-state index contributed by atoms with van der Waals surface area (Å²) < 4.78 is 2.13. The summed E-state index contributed by atoms with van der Waals surface area (Å²) in [6.07, 6.45) is 11.7. The lowest BCUT2D eigenvalue weighted by Crippen LogP contribution is -2.17. The molecule has 1 aromatic rings. The van der Waals surface area contributed by atoms with E-state index in [1.54, 1.807) is 0 Å². The first-order valence-electron chi connectivity index (χ1n) is 5.61. The predicted molar refractivity (Wildman–Crippen MR) is 54.8 cm³/mol. The second-order valence-corrected chi connectivity index (χ2v) is 4.80. The second kappa shape index (κ2) is 2.83. The molecule has 0 unspecified atom stereocenters. The molecule has 3 rings (SSSR count). The van der Waals surface area contributed by atoms with Crippen molar-refractivity contribution in [3.05, 3.63) is 18.0 Å². The number of hydrogen-bond donors (Lipinski definition) is 1. The minimum absolute atomic E-state index is 0.0170. The third kappa shape index (κ3) is 1.27. The summed E-state index contributed by atoms with van der Waals surface area (Å²) in [5, 5.41) is 4.44. The van der Waals surface area contributed by atoms with Crippen LogP contribution in [-0.4, -0.2) is 9.78 Å². The van der Waals surface area contributed by atoms with E-state index >= 15 is 0 Å². The molecule has 3 nitrogen and oxygen atoms in total. The molecule has 3 heteroatoms.